The predicted octanol–water partition coefficient (Wildman–Crippen LogP) is 2.88. The molecular weight excluding hydrogens is 300 g/mol. The molecule has 0 spiro atoms. The van der Waals surface area contributed by atoms with E-state index in [0.717, 1.165) is 48.7 Å². The van der Waals surface area contributed by atoms with E-state index in [1.54, 1.807) is 12.4 Å². The van der Waals surface area contributed by atoms with E-state index in [1.165, 1.54) is 5.56 Å². The maximum absolute atomic E-state index is 4.63. The van der Waals surface area contributed by atoms with Gasteiger partial charge in [0.2, 0.25) is 0 Å². The fourth-order valence-electron chi connectivity index (χ4n) is 2.51. The third kappa shape index (κ3) is 4.16. The number of rotatable bonds is 7. The molecule has 1 N–H and O–H groups in total. The highest BCUT2D eigenvalue weighted by Crippen LogP contribution is 2.17. The Labute approximate surface area is 142 Å². The fourth-order valence-corrected chi connectivity index (χ4v) is 2.51. The summed E-state index contributed by atoms with van der Waals surface area (Å²) in [5.74, 6) is 1.62. The number of hydrogen-bond acceptors (Lipinski definition) is 5. The topological polar surface area (TPSA) is 68.5 Å². The second-order valence-electron chi connectivity index (χ2n) is 5.71. The Morgan fingerprint density at radius 2 is 2.00 bits per heavy atom. The van der Waals surface area contributed by atoms with E-state index >= 15 is 0 Å². The van der Waals surface area contributed by atoms with Crippen molar-refractivity contribution in [1.82, 2.24) is 24.7 Å². The molecule has 0 aliphatic carbocycles. The summed E-state index contributed by atoms with van der Waals surface area (Å²) in [5.41, 5.74) is 3.28. The first-order valence-electron chi connectivity index (χ1n) is 8.24. The molecule has 3 rings (SSSR count). The average molecular weight is 322 g/mol. The monoisotopic (exact) mass is 322 g/mol. The smallest absolute Gasteiger partial charge is 0.161 e. The van der Waals surface area contributed by atoms with Crippen LogP contribution in [0.25, 0.3) is 11.4 Å². The zero-order valence-electron chi connectivity index (χ0n) is 14.1. The van der Waals surface area contributed by atoms with Gasteiger partial charge in [-0.3, -0.25) is 9.67 Å². The van der Waals surface area contributed by atoms with Gasteiger partial charge >= 0.3 is 0 Å². The Kier molecular flexibility index (Phi) is 5.15. The van der Waals surface area contributed by atoms with Crippen LogP contribution in [0.5, 0.6) is 0 Å². The Balaban J connectivity index is 1.64. The van der Waals surface area contributed by atoms with E-state index in [9.17, 15) is 0 Å². The van der Waals surface area contributed by atoms with Gasteiger partial charge in [-0.1, -0.05) is 6.92 Å². The van der Waals surface area contributed by atoms with Crippen LogP contribution < -0.4 is 5.32 Å². The molecule has 0 bridgehead atoms. The molecule has 3 aromatic heterocycles. The molecule has 0 saturated carbocycles. The molecule has 0 aromatic carbocycles. The third-order valence-electron chi connectivity index (χ3n) is 3.79. The Morgan fingerprint density at radius 1 is 1.17 bits per heavy atom. The number of nitrogens with one attached hydrogen (secondary N) is 1. The highest BCUT2D eigenvalue weighted by molar-refractivity contribution is 5.56. The van der Waals surface area contributed by atoms with E-state index in [1.807, 2.05) is 36.1 Å². The Hall–Kier alpha value is -2.76. The summed E-state index contributed by atoms with van der Waals surface area (Å²) in [6.07, 6.45) is 10.4. The Morgan fingerprint density at radius 3 is 2.71 bits per heavy atom. The molecule has 6 nitrogen and oxygen atoms in total. The first kappa shape index (κ1) is 16.1. The quantitative estimate of drug-likeness (QED) is 0.677. The lowest BCUT2D eigenvalue weighted by Gasteiger charge is -2.09. The lowest BCUT2D eigenvalue weighted by atomic mass is 10.2. The molecule has 0 atom stereocenters. The first-order chi connectivity index (χ1) is 11.7. The van der Waals surface area contributed by atoms with Crippen LogP contribution in [0.15, 0.2) is 43.0 Å². The van der Waals surface area contributed by atoms with Gasteiger partial charge in [-0.05, 0) is 37.0 Å². The summed E-state index contributed by atoms with van der Waals surface area (Å²) in [6.45, 7) is 2.97. The van der Waals surface area contributed by atoms with Crippen LogP contribution in [0.2, 0.25) is 0 Å². The van der Waals surface area contributed by atoms with Gasteiger partial charge < -0.3 is 5.32 Å². The second-order valence-corrected chi connectivity index (χ2v) is 5.71. The van der Waals surface area contributed by atoms with Crippen molar-refractivity contribution < 1.29 is 0 Å². The average Bonchev–Trinajstić information content (AvgIpc) is 3.04. The zero-order chi connectivity index (χ0) is 16.8. The maximum Gasteiger partial charge on any atom is 0.161 e. The number of aryl methyl sites for hydroxylation is 3. The molecule has 0 unspecified atom stereocenters. The van der Waals surface area contributed by atoms with E-state index in [-0.39, 0.29) is 0 Å². The molecule has 0 fully saturated rings. The van der Waals surface area contributed by atoms with Gasteiger partial charge in [0.05, 0.1) is 6.20 Å². The number of pyridine rings is 1. The largest absolute Gasteiger partial charge is 0.370 e. The summed E-state index contributed by atoms with van der Waals surface area (Å²) in [6, 6.07) is 5.89. The molecule has 3 heterocycles. The highest BCUT2D eigenvalue weighted by atomic mass is 15.2. The summed E-state index contributed by atoms with van der Waals surface area (Å²) < 4.78 is 1.84. The fraction of sp³-hybridized carbons (Fsp3) is 0.333. The minimum atomic E-state index is 0.742. The molecule has 0 radical (unpaired) electrons. The third-order valence-corrected chi connectivity index (χ3v) is 3.79. The number of aromatic nitrogens is 5. The van der Waals surface area contributed by atoms with Gasteiger partial charge in [0, 0.05) is 49.5 Å². The zero-order valence-corrected chi connectivity index (χ0v) is 14.1. The number of anilines is 1. The van der Waals surface area contributed by atoms with E-state index in [0.29, 0.717) is 0 Å². The van der Waals surface area contributed by atoms with Crippen LogP contribution in [0.3, 0.4) is 0 Å². The van der Waals surface area contributed by atoms with E-state index < -0.39 is 0 Å². The molecule has 6 heteroatoms. The van der Waals surface area contributed by atoms with Crippen molar-refractivity contribution >= 4 is 5.82 Å². The number of nitrogens with zero attached hydrogens (tertiary/aromatic N) is 5. The highest BCUT2D eigenvalue weighted by Gasteiger charge is 2.06. The van der Waals surface area contributed by atoms with Crippen molar-refractivity contribution in [1.29, 1.82) is 0 Å². The van der Waals surface area contributed by atoms with Gasteiger partial charge in [-0.25, -0.2) is 9.97 Å². The minimum absolute atomic E-state index is 0.742. The molecule has 124 valence electrons. The van der Waals surface area contributed by atoms with Crippen molar-refractivity contribution in [3.63, 3.8) is 0 Å². The van der Waals surface area contributed by atoms with Crippen molar-refractivity contribution in [3.05, 3.63) is 54.2 Å². The summed E-state index contributed by atoms with van der Waals surface area (Å²) >= 11 is 0. The lowest BCUT2D eigenvalue weighted by Crippen LogP contribution is -2.07. The molecule has 3 aromatic rings. The summed E-state index contributed by atoms with van der Waals surface area (Å²) in [4.78, 5) is 13.3. The normalized spacial score (nSPS) is 10.8. The van der Waals surface area contributed by atoms with Crippen LogP contribution >= 0.6 is 0 Å². The van der Waals surface area contributed by atoms with Crippen LogP contribution in [0.1, 0.15) is 24.6 Å². The maximum atomic E-state index is 4.63. The van der Waals surface area contributed by atoms with Gasteiger partial charge in [-0.15, -0.1) is 0 Å². The van der Waals surface area contributed by atoms with E-state index in [4.69, 9.17) is 0 Å². The minimum Gasteiger partial charge on any atom is -0.370 e. The van der Waals surface area contributed by atoms with Gasteiger partial charge in [-0.2, -0.15) is 5.10 Å². The van der Waals surface area contributed by atoms with Crippen LogP contribution in [-0.2, 0) is 19.9 Å². The number of hydrogen-bond donors (Lipinski definition) is 1. The second kappa shape index (κ2) is 7.68. The van der Waals surface area contributed by atoms with Gasteiger partial charge in [0.25, 0.3) is 0 Å². The molecule has 24 heavy (non-hydrogen) atoms. The molecule has 0 aliphatic rings. The SMILES string of the molecule is CCc1cc(NCCCc2cnn(C)c2)nc(-c2ccncc2)n1. The molecule has 0 amide bonds. The summed E-state index contributed by atoms with van der Waals surface area (Å²) in [5, 5.41) is 7.60. The van der Waals surface area contributed by atoms with Gasteiger partial charge in [0.15, 0.2) is 5.82 Å². The van der Waals surface area contributed by atoms with Crippen LogP contribution in [0.4, 0.5) is 5.82 Å². The van der Waals surface area contributed by atoms with Crippen molar-refractivity contribution in [3.8, 4) is 11.4 Å². The van der Waals surface area contributed by atoms with Crippen molar-refractivity contribution in [2.45, 2.75) is 26.2 Å². The van der Waals surface area contributed by atoms with Crippen molar-refractivity contribution in [2.75, 3.05) is 11.9 Å². The first-order valence-corrected chi connectivity index (χ1v) is 8.24. The standard InChI is InChI=1S/C18H22N6/c1-3-16-11-17(20-8-4-5-14-12-21-24(2)13-14)23-18(22-16)15-6-9-19-10-7-15/h6-7,9-13H,3-5,8H2,1-2H3,(H,20,22,23). The molecule has 0 saturated heterocycles. The Bertz CT molecular complexity index is 781. The molecule has 0 aliphatic heterocycles. The van der Waals surface area contributed by atoms with E-state index in [2.05, 4.69) is 38.5 Å². The molecular formula is C18H22N6. The van der Waals surface area contributed by atoms with Crippen LogP contribution in [0, 0.1) is 0 Å². The van der Waals surface area contributed by atoms with Gasteiger partial charge in [0.1, 0.15) is 5.82 Å². The summed E-state index contributed by atoms with van der Waals surface area (Å²) in [7, 11) is 1.94. The van der Waals surface area contributed by atoms with Crippen LogP contribution in [-0.4, -0.2) is 31.3 Å². The predicted molar refractivity (Wildman–Crippen MR) is 94.7 cm³/mol. The lowest BCUT2D eigenvalue weighted by molar-refractivity contribution is 0.765. The van der Waals surface area contributed by atoms with Crippen molar-refractivity contribution in [2.24, 2.45) is 7.05 Å².